The SMILES string of the molecule is [C-]#[N+]c1ccncc1OCCC=C. The minimum atomic E-state index is 0.499. The number of hydrogen-bond donors (Lipinski definition) is 0. The first-order valence-corrected chi connectivity index (χ1v) is 3.93. The largest absolute Gasteiger partial charge is 0.503 e. The Bertz CT molecular complexity index is 328. The Morgan fingerprint density at radius 2 is 2.54 bits per heavy atom. The van der Waals surface area contributed by atoms with Crippen LogP contribution in [0.25, 0.3) is 4.85 Å². The maximum atomic E-state index is 6.86. The van der Waals surface area contributed by atoms with E-state index in [0.717, 1.165) is 6.42 Å². The molecule has 3 heteroatoms. The molecule has 0 aliphatic carbocycles. The maximum absolute atomic E-state index is 6.86. The Kier molecular flexibility index (Phi) is 3.52. The molecule has 66 valence electrons. The summed E-state index contributed by atoms with van der Waals surface area (Å²) < 4.78 is 5.32. The molecule has 0 amide bonds. The highest BCUT2D eigenvalue weighted by Crippen LogP contribution is 2.25. The van der Waals surface area contributed by atoms with E-state index in [-0.39, 0.29) is 0 Å². The average molecular weight is 174 g/mol. The Morgan fingerprint density at radius 3 is 3.23 bits per heavy atom. The van der Waals surface area contributed by atoms with Crippen molar-refractivity contribution in [2.24, 2.45) is 0 Å². The van der Waals surface area contributed by atoms with Crippen LogP contribution in [0.4, 0.5) is 5.69 Å². The van der Waals surface area contributed by atoms with Crippen molar-refractivity contribution in [3.63, 3.8) is 0 Å². The molecule has 0 aliphatic heterocycles. The van der Waals surface area contributed by atoms with Crippen molar-refractivity contribution in [2.45, 2.75) is 6.42 Å². The van der Waals surface area contributed by atoms with Crippen molar-refractivity contribution >= 4 is 5.69 Å². The molecule has 0 radical (unpaired) electrons. The second kappa shape index (κ2) is 4.94. The average Bonchev–Trinajstić information content (AvgIpc) is 2.19. The minimum Gasteiger partial charge on any atom is -0.503 e. The standard InChI is InChI=1S/C10H10N2O/c1-3-4-7-13-10-8-12-6-5-9(10)11-2/h3,5-6,8H,1,4,7H2. The van der Waals surface area contributed by atoms with Crippen LogP contribution in [0.3, 0.4) is 0 Å². The van der Waals surface area contributed by atoms with E-state index in [1.807, 2.05) is 0 Å². The number of rotatable bonds is 4. The lowest BCUT2D eigenvalue weighted by atomic mass is 10.4. The number of hydrogen-bond acceptors (Lipinski definition) is 2. The van der Waals surface area contributed by atoms with Gasteiger partial charge in [-0.05, 0) is 12.5 Å². The van der Waals surface area contributed by atoms with E-state index in [0.29, 0.717) is 18.0 Å². The summed E-state index contributed by atoms with van der Waals surface area (Å²) in [5, 5.41) is 0. The van der Waals surface area contributed by atoms with Crippen LogP contribution in [-0.4, -0.2) is 11.6 Å². The Hall–Kier alpha value is -1.82. The van der Waals surface area contributed by atoms with E-state index in [1.54, 1.807) is 24.5 Å². The molecule has 0 saturated carbocycles. The zero-order valence-electron chi connectivity index (χ0n) is 7.23. The number of aromatic nitrogens is 1. The summed E-state index contributed by atoms with van der Waals surface area (Å²) in [6.45, 7) is 11.0. The molecule has 0 spiro atoms. The molecule has 1 rings (SSSR count). The smallest absolute Gasteiger partial charge is 0.231 e. The van der Waals surface area contributed by atoms with Crippen LogP contribution in [0.1, 0.15) is 6.42 Å². The second-order valence-electron chi connectivity index (χ2n) is 2.38. The quantitative estimate of drug-likeness (QED) is 0.398. The van der Waals surface area contributed by atoms with E-state index in [9.17, 15) is 0 Å². The summed E-state index contributed by atoms with van der Waals surface area (Å²) in [5.41, 5.74) is 0.499. The first-order valence-electron chi connectivity index (χ1n) is 3.93. The lowest BCUT2D eigenvalue weighted by Crippen LogP contribution is -1.95. The molecule has 0 unspecified atom stereocenters. The van der Waals surface area contributed by atoms with Gasteiger partial charge in [0, 0.05) is 6.20 Å². The zero-order chi connectivity index (χ0) is 9.52. The Balaban J connectivity index is 2.65. The topological polar surface area (TPSA) is 26.5 Å². The third-order valence-electron chi connectivity index (χ3n) is 1.46. The third kappa shape index (κ3) is 2.60. The predicted octanol–water partition coefficient (Wildman–Crippen LogP) is 2.59. The van der Waals surface area contributed by atoms with Gasteiger partial charge >= 0.3 is 0 Å². The van der Waals surface area contributed by atoms with Gasteiger partial charge in [-0.15, -0.1) is 6.58 Å². The van der Waals surface area contributed by atoms with E-state index in [2.05, 4.69) is 16.4 Å². The fourth-order valence-electron chi connectivity index (χ4n) is 0.828. The van der Waals surface area contributed by atoms with Gasteiger partial charge in [-0.3, -0.25) is 4.98 Å². The monoisotopic (exact) mass is 174 g/mol. The van der Waals surface area contributed by atoms with Gasteiger partial charge < -0.3 is 4.74 Å². The van der Waals surface area contributed by atoms with Crippen LogP contribution in [0.2, 0.25) is 0 Å². The predicted molar refractivity (Wildman–Crippen MR) is 50.8 cm³/mol. The van der Waals surface area contributed by atoms with Crippen molar-refractivity contribution in [3.8, 4) is 5.75 Å². The fraction of sp³-hybridized carbons (Fsp3) is 0.200. The van der Waals surface area contributed by atoms with Crippen LogP contribution in [0.5, 0.6) is 5.75 Å². The van der Waals surface area contributed by atoms with Crippen LogP contribution in [0, 0.1) is 6.57 Å². The molecule has 0 atom stereocenters. The van der Waals surface area contributed by atoms with E-state index in [1.165, 1.54) is 0 Å². The van der Waals surface area contributed by atoms with Crippen molar-refractivity contribution in [1.82, 2.24) is 4.98 Å². The molecule has 13 heavy (non-hydrogen) atoms. The van der Waals surface area contributed by atoms with Gasteiger partial charge in [0.25, 0.3) is 0 Å². The third-order valence-corrected chi connectivity index (χ3v) is 1.46. The molecule has 1 heterocycles. The molecule has 0 N–H and O–H groups in total. The number of nitrogens with zero attached hydrogens (tertiary/aromatic N) is 2. The van der Waals surface area contributed by atoms with E-state index < -0.39 is 0 Å². The van der Waals surface area contributed by atoms with Gasteiger partial charge in [0.1, 0.15) is 5.75 Å². The minimum absolute atomic E-state index is 0.499. The summed E-state index contributed by atoms with van der Waals surface area (Å²) in [6, 6.07) is 1.64. The Morgan fingerprint density at radius 1 is 1.69 bits per heavy atom. The van der Waals surface area contributed by atoms with Gasteiger partial charge in [0.2, 0.25) is 5.69 Å². The first-order chi connectivity index (χ1) is 6.38. The van der Waals surface area contributed by atoms with Crippen LogP contribution >= 0.6 is 0 Å². The summed E-state index contributed by atoms with van der Waals surface area (Å²) in [6.07, 6.45) is 5.67. The zero-order valence-corrected chi connectivity index (χ0v) is 7.23. The van der Waals surface area contributed by atoms with Gasteiger partial charge in [-0.1, -0.05) is 6.08 Å². The Labute approximate surface area is 77.5 Å². The second-order valence-corrected chi connectivity index (χ2v) is 2.38. The molecule has 0 fully saturated rings. The maximum Gasteiger partial charge on any atom is 0.231 e. The molecule has 1 aromatic rings. The van der Waals surface area contributed by atoms with Crippen molar-refractivity contribution in [2.75, 3.05) is 6.61 Å². The normalized spacial score (nSPS) is 8.85. The lowest BCUT2D eigenvalue weighted by Gasteiger charge is -2.04. The number of ether oxygens (including phenoxy) is 1. The van der Waals surface area contributed by atoms with Gasteiger partial charge in [-0.25, -0.2) is 4.85 Å². The molecule has 1 aromatic heterocycles. The summed E-state index contributed by atoms with van der Waals surface area (Å²) in [7, 11) is 0. The molecular weight excluding hydrogens is 164 g/mol. The highest BCUT2D eigenvalue weighted by Gasteiger charge is 2.00. The summed E-state index contributed by atoms with van der Waals surface area (Å²) >= 11 is 0. The van der Waals surface area contributed by atoms with Crippen molar-refractivity contribution < 1.29 is 4.74 Å². The van der Waals surface area contributed by atoms with Crippen LogP contribution in [-0.2, 0) is 0 Å². The molecule has 0 bridgehead atoms. The van der Waals surface area contributed by atoms with Gasteiger partial charge in [0.15, 0.2) is 0 Å². The molecule has 0 saturated heterocycles. The number of pyridine rings is 1. The van der Waals surface area contributed by atoms with E-state index in [4.69, 9.17) is 11.3 Å². The van der Waals surface area contributed by atoms with Crippen LogP contribution < -0.4 is 4.74 Å². The fourth-order valence-corrected chi connectivity index (χ4v) is 0.828. The highest BCUT2D eigenvalue weighted by atomic mass is 16.5. The summed E-state index contributed by atoms with van der Waals surface area (Å²) in [4.78, 5) is 7.19. The first kappa shape index (κ1) is 9.27. The summed E-state index contributed by atoms with van der Waals surface area (Å²) in [5.74, 6) is 0.541. The van der Waals surface area contributed by atoms with Gasteiger partial charge in [0.05, 0.1) is 19.4 Å². The van der Waals surface area contributed by atoms with Crippen LogP contribution in [0.15, 0.2) is 31.1 Å². The molecule has 0 aliphatic rings. The van der Waals surface area contributed by atoms with Gasteiger partial charge in [-0.2, -0.15) is 0 Å². The lowest BCUT2D eigenvalue weighted by molar-refractivity contribution is 0.326. The molecular formula is C10H10N2O. The van der Waals surface area contributed by atoms with Crippen molar-refractivity contribution in [3.05, 3.63) is 42.5 Å². The van der Waals surface area contributed by atoms with Crippen molar-refractivity contribution in [1.29, 1.82) is 0 Å². The highest BCUT2D eigenvalue weighted by molar-refractivity contribution is 5.55. The molecule has 3 nitrogen and oxygen atoms in total. The molecule has 0 aromatic carbocycles. The van der Waals surface area contributed by atoms with E-state index >= 15 is 0 Å².